The van der Waals surface area contributed by atoms with Crippen LogP contribution in [-0.4, -0.2) is 32.1 Å². The predicted molar refractivity (Wildman–Crippen MR) is 50.5 cm³/mol. The van der Waals surface area contributed by atoms with Crippen LogP contribution in [0.2, 0.25) is 0 Å². The molecule has 2 rings (SSSR count). The zero-order valence-corrected chi connectivity index (χ0v) is 8.53. The highest BCUT2D eigenvalue weighted by atomic mass is 16.2. The maximum atomic E-state index is 11.5. The summed E-state index contributed by atoms with van der Waals surface area (Å²) in [5.41, 5.74) is 0. The van der Waals surface area contributed by atoms with Crippen LogP contribution in [0.4, 0.5) is 0 Å². The van der Waals surface area contributed by atoms with Gasteiger partial charge in [-0.2, -0.15) is 0 Å². The lowest BCUT2D eigenvalue weighted by Gasteiger charge is -2.27. The minimum atomic E-state index is 0.192. The molecule has 0 atom stereocenters. The van der Waals surface area contributed by atoms with Gasteiger partial charge in [0.1, 0.15) is 5.82 Å². The molecular formula is C9H14N4O. The first kappa shape index (κ1) is 9.18. The number of hydrogen-bond donors (Lipinski definition) is 0. The molecule has 0 aromatic carbocycles. The Labute approximate surface area is 82.7 Å². The smallest absolute Gasteiger partial charge is 0.222 e. The zero-order valence-electron chi connectivity index (χ0n) is 8.53. The van der Waals surface area contributed by atoms with Gasteiger partial charge in [0.25, 0.3) is 0 Å². The lowest BCUT2D eigenvalue weighted by Crippen LogP contribution is -2.38. The topological polar surface area (TPSA) is 51.0 Å². The SMILES string of the molecule is CCC(=O)N1CCn2c(C)nnc2C1. The molecule has 1 aliphatic heterocycles. The molecule has 0 unspecified atom stereocenters. The molecule has 0 saturated carbocycles. The molecule has 1 aliphatic rings. The second-order valence-corrected chi connectivity index (χ2v) is 3.48. The van der Waals surface area contributed by atoms with Crippen LogP contribution in [0.25, 0.3) is 0 Å². The van der Waals surface area contributed by atoms with E-state index in [1.54, 1.807) is 0 Å². The molecule has 1 amide bonds. The van der Waals surface area contributed by atoms with Crippen molar-refractivity contribution in [2.75, 3.05) is 6.54 Å². The van der Waals surface area contributed by atoms with Gasteiger partial charge in [0.15, 0.2) is 5.82 Å². The van der Waals surface area contributed by atoms with E-state index >= 15 is 0 Å². The summed E-state index contributed by atoms with van der Waals surface area (Å²) in [6.07, 6.45) is 0.563. The van der Waals surface area contributed by atoms with E-state index in [-0.39, 0.29) is 5.91 Å². The normalized spacial score (nSPS) is 15.4. The van der Waals surface area contributed by atoms with Crippen LogP contribution < -0.4 is 0 Å². The largest absolute Gasteiger partial charge is 0.333 e. The summed E-state index contributed by atoms with van der Waals surface area (Å²) < 4.78 is 2.07. The number of rotatable bonds is 1. The maximum absolute atomic E-state index is 11.5. The van der Waals surface area contributed by atoms with Gasteiger partial charge in [0.05, 0.1) is 6.54 Å². The Morgan fingerprint density at radius 2 is 2.21 bits per heavy atom. The van der Waals surface area contributed by atoms with E-state index in [1.165, 1.54) is 0 Å². The molecule has 2 heterocycles. The van der Waals surface area contributed by atoms with E-state index in [4.69, 9.17) is 0 Å². The summed E-state index contributed by atoms with van der Waals surface area (Å²) in [4.78, 5) is 13.3. The number of nitrogens with zero attached hydrogens (tertiary/aromatic N) is 4. The number of aromatic nitrogens is 3. The Morgan fingerprint density at radius 1 is 1.43 bits per heavy atom. The van der Waals surface area contributed by atoms with Crippen molar-refractivity contribution in [1.29, 1.82) is 0 Å². The van der Waals surface area contributed by atoms with Crippen LogP contribution in [0.1, 0.15) is 25.0 Å². The second-order valence-electron chi connectivity index (χ2n) is 3.48. The molecule has 14 heavy (non-hydrogen) atoms. The van der Waals surface area contributed by atoms with E-state index in [1.807, 2.05) is 18.7 Å². The van der Waals surface area contributed by atoms with Gasteiger partial charge in [0, 0.05) is 19.5 Å². The molecule has 0 N–H and O–H groups in total. The van der Waals surface area contributed by atoms with Crippen molar-refractivity contribution in [2.24, 2.45) is 0 Å². The minimum Gasteiger partial charge on any atom is -0.333 e. The van der Waals surface area contributed by atoms with Gasteiger partial charge in [-0.25, -0.2) is 0 Å². The van der Waals surface area contributed by atoms with E-state index in [2.05, 4.69) is 14.8 Å². The van der Waals surface area contributed by atoms with Gasteiger partial charge in [-0.1, -0.05) is 6.92 Å². The maximum Gasteiger partial charge on any atom is 0.222 e. The molecule has 1 aromatic heterocycles. The Morgan fingerprint density at radius 3 is 2.93 bits per heavy atom. The van der Waals surface area contributed by atoms with Crippen LogP contribution >= 0.6 is 0 Å². The lowest BCUT2D eigenvalue weighted by atomic mass is 10.3. The van der Waals surface area contributed by atoms with Gasteiger partial charge in [-0.3, -0.25) is 4.79 Å². The monoisotopic (exact) mass is 194 g/mol. The average molecular weight is 194 g/mol. The van der Waals surface area contributed by atoms with Crippen LogP contribution in [0.15, 0.2) is 0 Å². The van der Waals surface area contributed by atoms with E-state index in [9.17, 15) is 4.79 Å². The quantitative estimate of drug-likeness (QED) is 0.647. The van der Waals surface area contributed by atoms with Crippen LogP contribution in [0.3, 0.4) is 0 Å². The molecule has 0 saturated heterocycles. The number of fused-ring (bicyclic) bond motifs is 1. The third kappa shape index (κ3) is 1.38. The summed E-state index contributed by atoms with van der Waals surface area (Å²) in [6.45, 7) is 6.02. The van der Waals surface area contributed by atoms with Crippen molar-refractivity contribution in [3.63, 3.8) is 0 Å². The van der Waals surface area contributed by atoms with E-state index < -0.39 is 0 Å². The number of amides is 1. The second kappa shape index (κ2) is 3.40. The summed E-state index contributed by atoms with van der Waals surface area (Å²) >= 11 is 0. The highest BCUT2D eigenvalue weighted by Gasteiger charge is 2.21. The first-order valence-electron chi connectivity index (χ1n) is 4.89. The third-order valence-corrected chi connectivity index (χ3v) is 2.59. The molecule has 1 aromatic rings. The van der Waals surface area contributed by atoms with Crippen molar-refractivity contribution in [1.82, 2.24) is 19.7 Å². The lowest BCUT2D eigenvalue weighted by molar-refractivity contribution is -0.132. The van der Waals surface area contributed by atoms with Gasteiger partial charge in [-0.15, -0.1) is 10.2 Å². The predicted octanol–water partition coefficient (Wildman–Crippen LogP) is 0.339. The first-order chi connectivity index (χ1) is 6.72. The highest BCUT2D eigenvalue weighted by molar-refractivity contribution is 5.75. The van der Waals surface area contributed by atoms with Crippen molar-refractivity contribution in [3.05, 3.63) is 11.6 Å². The van der Waals surface area contributed by atoms with Crippen LogP contribution in [-0.2, 0) is 17.9 Å². The molecule has 0 radical (unpaired) electrons. The Bertz CT molecular complexity index is 358. The van der Waals surface area contributed by atoms with Crippen molar-refractivity contribution >= 4 is 5.91 Å². The van der Waals surface area contributed by atoms with Crippen molar-refractivity contribution in [2.45, 2.75) is 33.4 Å². The number of hydrogen-bond acceptors (Lipinski definition) is 3. The number of aryl methyl sites for hydroxylation is 1. The highest BCUT2D eigenvalue weighted by Crippen LogP contribution is 2.12. The fourth-order valence-electron chi connectivity index (χ4n) is 1.74. The fraction of sp³-hybridized carbons (Fsp3) is 0.667. The fourth-order valence-corrected chi connectivity index (χ4v) is 1.74. The van der Waals surface area contributed by atoms with Gasteiger partial charge < -0.3 is 9.47 Å². The van der Waals surface area contributed by atoms with E-state index in [0.717, 1.165) is 24.7 Å². The molecule has 5 nitrogen and oxygen atoms in total. The molecule has 0 aliphatic carbocycles. The molecule has 0 fully saturated rings. The summed E-state index contributed by atoms with van der Waals surface area (Å²) in [6, 6.07) is 0. The molecular weight excluding hydrogens is 180 g/mol. The Balaban J connectivity index is 2.18. The average Bonchev–Trinajstić information content (AvgIpc) is 2.59. The Kier molecular flexibility index (Phi) is 2.23. The first-order valence-corrected chi connectivity index (χ1v) is 4.89. The number of carbonyl (C=O) groups is 1. The summed E-state index contributed by atoms with van der Waals surface area (Å²) in [5, 5.41) is 8.04. The van der Waals surface area contributed by atoms with Crippen molar-refractivity contribution < 1.29 is 4.79 Å². The van der Waals surface area contributed by atoms with Gasteiger partial charge in [0.2, 0.25) is 5.91 Å². The Hall–Kier alpha value is -1.39. The molecule has 0 bridgehead atoms. The standard InChI is InChI=1S/C9H14N4O/c1-3-9(14)12-4-5-13-7(2)10-11-8(13)6-12/h3-6H2,1-2H3. The summed E-state index contributed by atoms with van der Waals surface area (Å²) in [5.74, 6) is 2.02. The molecule has 5 heteroatoms. The zero-order chi connectivity index (χ0) is 10.1. The molecule has 76 valence electrons. The van der Waals surface area contributed by atoms with Crippen molar-refractivity contribution in [3.8, 4) is 0 Å². The van der Waals surface area contributed by atoms with Crippen LogP contribution in [0, 0.1) is 6.92 Å². The third-order valence-electron chi connectivity index (χ3n) is 2.59. The minimum absolute atomic E-state index is 0.192. The molecule has 0 spiro atoms. The number of carbonyl (C=O) groups excluding carboxylic acids is 1. The van der Waals surface area contributed by atoms with Crippen LogP contribution in [0.5, 0.6) is 0 Å². The van der Waals surface area contributed by atoms with Gasteiger partial charge >= 0.3 is 0 Å². The summed E-state index contributed by atoms with van der Waals surface area (Å²) in [7, 11) is 0. The van der Waals surface area contributed by atoms with Gasteiger partial charge in [-0.05, 0) is 6.92 Å². The van der Waals surface area contributed by atoms with E-state index in [0.29, 0.717) is 13.0 Å².